The molecule has 0 saturated heterocycles. The van der Waals surface area contributed by atoms with Crippen LogP contribution < -0.4 is 0 Å². The third kappa shape index (κ3) is 4.29. The third-order valence-electron chi connectivity index (χ3n) is 3.64. The van der Waals surface area contributed by atoms with Gasteiger partial charge in [-0.05, 0) is 32.1 Å². The van der Waals surface area contributed by atoms with E-state index in [1.54, 1.807) is 19.1 Å². The van der Waals surface area contributed by atoms with Crippen molar-refractivity contribution in [2.45, 2.75) is 32.1 Å². The summed E-state index contributed by atoms with van der Waals surface area (Å²) in [6.07, 6.45) is 3.48. The highest BCUT2D eigenvalue weighted by molar-refractivity contribution is 5.79. The minimum Gasteiger partial charge on any atom is -0.481 e. The van der Waals surface area contributed by atoms with E-state index >= 15 is 0 Å². The minimum absolute atomic E-state index is 0.00754. The molecule has 0 aromatic rings. The molecule has 104 valence electrons. The molecular weight excluding hydrogens is 234 g/mol. The number of hydrogen-bond acceptors (Lipinski definition) is 3. The van der Waals surface area contributed by atoms with Gasteiger partial charge in [-0.3, -0.25) is 9.59 Å². The maximum atomic E-state index is 12.1. The highest BCUT2D eigenvalue weighted by Crippen LogP contribution is 2.29. The lowest BCUT2D eigenvalue weighted by Crippen LogP contribution is -2.36. The normalized spacial score (nSPS) is 23.7. The smallest absolute Gasteiger partial charge is 0.306 e. The maximum absolute atomic E-state index is 12.1. The van der Waals surface area contributed by atoms with Gasteiger partial charge in [-0.2, -0.15) is 0 Å². The fourth-order valence-electron chi connectivity index (χ4n) is 2.46. The maximum Gasteiger partial charge on any atom is 0.306 e. The fraction of sp³-hybridized carbons (Fsp3) is 0.846. The second kappa shape index (κ2) is 7.36. The number of hydrogen-bond donors (Lipinski definition) is 1. The Labute approximate surface area is 108 Å². The van der Waals surface area contributed by atoms with Gasteiger partial charge in [0.2, 0.25) is 5.91 Å². The Kier molecular flexibility index (Phi) is 6.12. The van der Waals surface area contributed by atoms with Gasteiger partial charge < -0.3 is 14.7 Å². The summed E-state index contributed by atoms with van der Waals surface area (Å²) in [7, 11) is 3.45. The van der Waals surface area contributed by atoms with E-state index < -0.39 is 5.97 Å². The van der Waals surface area contributed by atoms with Gasteiger partial charge in [0.25, 0.3) is 0 Å². The van der Waals surface area contributed by atoms with Crippen LogP contribution in [0.5, 0.6) is 0 Å². The zero-order valence-electron chi connectivity index (χ0n) is 11.2. The highest BCUT2D eigenvalue weighted by atomic mass is 16.5. The molecule has 0 heterocycles. The van der Waals surface area contributed by atoms with Crippen LogP contribution in [0.25, 0.3) is 0 Å². The zero-order valence-corrected chi connectivity index (χ0v) is 11.2. The van der Waals surface area contributed by atoms with Crippen LogP contribution in [-0.4, -0.2) is 49.2 Å². The first-order valence-corrected chi connectivity index (χ1v) is 6.53. The van der Waals surface area contributed by atoms with Crippen molar-refractivity contribution < 1.29 is 19.4 Å². The molecule has 1 N–H and O–H groups in total. The number of rotatable bonds is 6. The Balaban J connectivity index is 2.32. The Morgan fingerprint density at radius 1 is 1.22 bits per heavy atom. The number of nitrogens with zero attached hydrogens (tertiary/aromatic N) is 1. The van der Waals surface area contributed by atoms with Gasteiger partial charge in [0, 0.05) is 33.2 Å². The predicted octanol–water partition coefficient (Wildman–Crippen LogP) is 1.37. The number of carboxylic acid groups (broad SMARTS) is 1. The molecule has 1 fully saturated rings. The minimum atomic E-state index is -0.727. The van der Waals surface area contributed by atoms with E-state index in [1.807, 2.05) is 0 Å². The van der Waals surface area contributed by atoms with Crippen molar-refractivity contribution >= 4 is 11.9 Å². The first-order chi connectivity index (χ1) is 8.56. The van der Waals surface area contributed by atoms with Crippen LogP contribution in [-0.2, 0) is 14.3 Å². The Bertz CT molecular complexity index is 285. The van der Waals surface area contributed by atoms with Crippen LogP contribution >= 0.6 is 0 Å². The van der Waals surface area contributed by atoms with Crippen molar-refractivity contribution in [1.82, 2.24) is 4.90 Å². The molecule has 0 aromatic carbocycles. The standard InChI is InChI=1S/C13H23NO4/c1-14(8-3-9-18-2)12(15)10-4-6-11(7-5-10)13(16)17/h10-11H,3-9H2,1-2H3,(H,16,17). The van der Waals surface area contributed by atoms with E-state index in [9.17, 15) is 9.59 Å². The molecule has 1 aliphatic rings. The zero-order chi connectivity index (χ0) is 13.5. The van der Waals surface area contributed by atoms with Crippen LogP contribution in [0.3, 0.4) is 0 Å². The number of carbonyl (C=O) groups is 2. The molecule has 1 aliphatic carbocycles. The first-order valence-electron chi connectivity index (χ1n) is 6.53. The molecule has 0 aromatic heterocycles. The lowest BCUT2D eigenvalue weighted by atomic mass is 9.81. The molecule has 5 nitrogen and oxygen atoms in total. The monoisotopic (exact) mass is 257 g/mol. The van der Waals surface area contributed by atoms with Crippen molar-refractivity contribution in [2.75, 3.05) is 27.3 Å². The predicted molar refractivity (Wildman–Crippen MR) is 67.2 cm³/mol. The molecule has 0 radical (unpaired) electrons. The second-order valence-corrected chi connectivity index (χ2v) is 4.99. The molecule has 0 atom stereocenters. The van der Waals surface area contributed by atoms with E-state index in [2.05, 4.69) is 0 Å². The largest absolute Gasteiger partial charge is 0.481 e. The number of aliphatic carboxylic acids is 1. The molecule has 1 amide bonds. The molecule has 1 saturated carbocycles. The van der Waals surface area contributed by atoms with Crippen molar-refractivity contribution in [3.05, 3.63) is 0 Å². The summed E-state index contributed by atoms with van der Waals surface area (Å²) in [5.41, 5.74) is 0. The number of methoxy groups -OCH3 is 1. The summed E-state index contributed by atoms with van der Waals surface area (Å²) in [6.45, 7) is 1.36. The topological polar surface area (TPSA) is 66.8 Å². The van der Waals surface area contributed by atoms with Crippen LogP contribution in [0, 0.1) is 11.8 Å². The number of carbonyl (C=O) groups excluding carboxylic acids is 1. The van der Waals surface area contributed by atoms with Gasteiger partial charge in [0.15, 0.2) is 0 Å². The fourth-order valence-corrected chi connectivity index (χ4v) is 2.46. The van der Waals surface area contributed by atoms with Gasteiger partial charge in [0.05, 0.1) is 5.92 Å². The molecule has 0 unspecified atom stereocenters. The summed E-state index contributed by atoms with van der Waals surface area (Å²) in [5, 5.41) is 8.91. The second-order valence-electron chi connectivity index (χ2n) is 4.99. The lowest BCUT2D eigenvalue weighted by molar-refractivity contribution is -0.145. The third-order valence-corrected chi connectivity index (χ3v) is 3.64. The molecular formula is C13H23NO4. The average Bonchev–Trinajstić information content (AvgIpc) is 2.38. The van der Waals surface area contributed by atoms with E-state index in [1.165, 1.54) is 0 Å². The van der Waals surface area contributed by atoms with Crippen molar-refractivity contribution in [1.29, 1.82) is 0 Å². The number of carboxylic acids is 1. The molecule has 0 bridgehead atoms. The van der Waals surface area contributed by atoms with Crippen molar-refractivity contribution in [2.24, 2.45) is 11.8 Å². The van der Waals surface area contributed by atoms with Crippen LogP contribution in [0.15, 0.2) is 0 Å². The summed E-state index contributed by atoms with van der Waals surface area (Å²) in [4.78, 5) is 24.7. The first kappa shape index (κ1) is 15.0. The van der Waals surface area contributed by atoms with Crippen LogP contribution in [0.1, 0.15) is 32.1 Å². The molecule has 0 aliphatic heterocycles. The van der Waals surface area contributed by atoms with Gasteiger partial charge in [0.1, 0.15) is 0 Å². The quantitative estimate of drug-likeness (QED) is 0.730. The van der Waals surface area contributed by atoms with Crippen LogP contribution in [0.2, 0.25) is 0 Å². The highest BCUT2D eigenvalue weighted by Gasteiger charge is 2.30. The summed E-state index contributed by atoms with van der Waals surface area (Å²) >= 11 is 0. The van der Waals surface area contributed by atoms with Crippen molar-refractivity contribution in [3.63, 3.8) is 0 Å². The van der Waals surface area contributed by atoms with E-state index in [-0.39, 0.29) is 17.7 Å². The Morgan fingerprint density at radius 3 is 2.28 bits per heavy atom. The van der Waals surface area contributed by atoms with Crippen molar-refractivity contribution in [3.8, 4) is 0 Å². The SMILES string of the molecule is COCCCN(C)C(=O)C1CCC(C(=O)O)CC1. The van der Waals surface area contributed by atoms with E-state index in [4.69, 9.17) is 9.84 Å². The Morgan fingerprint density at radius 2 is 1.78 bits per heavy atom. The Hall–Kier alpha value is -1.10. The van der Waals surface area contributed by atoms with Gasteiger partial charge in [-0.15, -0.1) is 0 Å². The summed E-state index contributed by atoms with van der Waals surface area (Å²) < 4.78 is 4.95. The average molecular weight is 257 g/mol. The number of amides is 1. The lowest BCUT2D eigenvalue weighted by Gasteiger charge is -2.28. The molecule has 18 heavy (non-hydrogen) atoms. The van der Waals surface area contributed by atoms with Gasteiger partial charge in [-0.25, -0.2) is 0 Å². The summed E-state index contributed by atoms with van der Waals surface area (Å²) in [6, 6.07) is 0. The van der Waals surface area contributed by atoms with Gasteiger partial charge >= 0.3 is 5.97 Å². The molecule has 1 rings (SSSR count). The summed E-state index contributed by atoms with van der Waals surface area (Å²) in [5.74, 6) is -0.828. The van der Waals surface area contributed by atoms with E-state index in [0.717, 1.165) is 6.42 Å². The molecule has 0 spiro atoms. The molecule has 5 heteroatoms. The van der Waals surface area contributed by atoms with E-state index in [0.29, 0.717) is 38.8 Å². The van der Waals surface area contributed by atoms with Gasteiger partial charge in [-0.1, -0.05) is 0 Å². The van der Waals surface area contributed by atoms with Crippen LogP contribution in [0.4, 0.5) is 0 Å². The number of ether oxygens (including phenoxy) is 1.